The topological polar surface area (TPSA) is 80.3 Å². The summed E-state index contributed by atoms with van der Waals surface area (Å²) >= 11 is 0. The first-order chi connectivity index (χ1) is 15.7. The van der Waals surface area contributed by atoms with Crippen LogP contribution in [0.25, 0.3) is 0 Å². The molecule has 0 aromatic heterocycles. The Bertz CT molecular complexity index is 577. The maximum Gasteiger partial charge on any atom is 0.305 e. The molecule has 1 saturated carbocycles. The molecule has 0 radical (unpaired) electrons. The fourth-order valence-electron chi connectivity index (χ4n) is 3.99. The number of Topliss-reactive ketones (excluding diaryl/α,β-unsaturated/α-hetero) is 1. The van der Waals surface area contributed by atoms with Gasteiger partial charge in [0.2, 0.25) is 0 Å². The van der Waals surface area contributed by atoms with Crippen LogP contribution < -0.4 is 0 Å². The number of fused-ring (bicyclic) bond motifs is 1. The van der Waals surface area contributed by atoms with Crippen molar-refractivity contribution in [2.75, 3.05) is 59.5 Å². The maximum atomic E-state index is 11.9. The molecule has 0 aliphatic heterocycles. The molecule has 0 heterocycles. The van der Waals surface area contributed by atoms with Gasteiger partial charge in [-0.15, -0.1) is 11.8 Å². The lowest BCUT2D eigenvalue weighted by atomic mass is 10.1. The second-order valence-corrected chi connectivity index (χ2v) is 8.30. The highest BCUT2D eigenvalue weighted by Gasteiger charge is 2.49. The number of hydrogen-bond donors (Lipinski definition) is 0. The quantitative estimate of drug-likeness (QED) is 0.169. The highest BCUT2D eigenvalue weighted by atomic mass is 16.6. The van der Waals surface area contributed by atoms with Crippen LogP contribution in [0, 0.1) is 29.6 Å². The van der Waals surface area contributed by atoms with Gasteiger partial charge in [-0.3, -0.25) is 9.59 Å². The van der Waals surface area contributed by atoms with Crippen LogP contribution in [-0.2, 0) is 33.3 Å². The Kier molecular flexibility index (Phi) is 14.3. The highest BCUT2D eigenvalue weighted by Crippen LogP contribution is 2.52. The molecule has 0 aromatic rings. The van der Waals surface area contributed by atoms with Crippen molar-refractivity contribution in [3.63, 3.8) is 0 Å². The van der Waals surface area contributed by atoms with Gasteiger partial charge in [0, 0.05) is 38.7 Å². The summed E-state index contributed by atoms with van der Waals surface area (Å²) in [5, 5.41) is 0. The first-order valence-electron chi connectivity index (χ1n) is 12.2. The fraction of sp³-hybridized carbons (Fsp3) is 0.840. The van der Waals surface area contributed by atoms with Gasteiger partial charge < -0.3 is 23.7 Å². The van der Waals surface area contributed by atoms with Gasteiger partial charge in [0.15, 0.2) is 0 Å². The van der Waals surface area contributed by atoms with E-state index in [9.17, 15) is 9.59 Å². The average molecular weight is 453 g/mol. The minimum Gasteiger partial charge on any atom is -0.465 e. The summed E-state index contributed by atoms with van der Waals surface area (Å²) in [4.78, 5) is 23.0. The van der Waals surface area contributed by atoms with Gasteiger partial charge in [0.1, 0.15) is 5.78 Å². The van der Waals surface area contributed by atoms with Crippen LogP contribution in [-0.4, -0.2) is 71.2 Å². The number of carbonyl (C=O) groups is 2. The number of carbonyl (C=O) groups excluding carboxylic acids is 2. The Morgan fingerprint density at radius 3 is 1.84 bits per heavy atom. The molecule has 1 fully saturated rings. The van der Waals surface area contributed by atoms with Crippen LogP contribution in [0.5, 0.6) is 0 Å². The molecule has 0 N–H and O–H groups in total. The number of hydrogen-bond acceptors (Lipinski definition) is 7. The van der Waals surface area contributed by atoms with Crippen LogP contribution in [0.4, 0.5) is 0 Å². The molecule has 2 aliphatic carbocycles. The van der Waals surface area contributed by atoms with Crippen molar-refractivity contribution in [2.24, 2.45) is 17.8 Å². The molecule has 7 heteroatoms. The molecule has 0 spiro atoms. The summed E-state index contributed by atoms with van der Waals surface area (Å²) in [6.45, 7) is 6.37. The van der Waals surface area contributed by atoms with E-state index in [1.165, 1.54) is 0 Å². The Morgan fingerprint density at radius 1 is 0.750 bits per heavy atom. The first kappa shape index (κ1) is 26.8. The van der Waals surface area contributed by atoms with Crippen LogP contribution in [0.3, 0.4) is 0 Å². The van der Waals surface area contributed by atoms with Crippen molar-refractivity contribution >= 4 is 11.8 Å². The molecule has 0 aromatic carbocycles. The van der Waals surface area contributed by atoms with Crippen molar-refractivity contribution in [2.45, 2.75) is 58.3 Å². The lowest BCUT2D eigenvalue weighted by Gasteiger charge is -2.08. The molecule has 7 nitrogen and oxygen atoms in total. The standard InChI is InChI=1S/C25H40O7/c1-2-21(26)11-13-29-15-17-31-19-18-30-16-14-28-12-7-10-25(27)32-20-24-22-8-5-3-4-6-9-23(22)24/h22-24H,2,5-20H2,1H3/t22-,23+,24?. The molecular weight excluding hydrogens is 412 g/mol. The molecule has 0 amide bonds. The largest absolute Gasteiger partial charge is 0.465 e. The summed E-state index contributed by atoms with van der Waals surface area (Å²) in [7, 11) is 0. The first-order valence-corrected chi connectivity index (χ1v) is 12.2. The average Bonchev–Trinajstić information content (AvgIpc) is 3.43. The van der Waals surface area contributed by atoms with Crippen molar-refractivity contribution < 1.29 is 33.3 Å². The summed E-state index contributed by atoms with van der Waals surface area (Å²) in [6.07, 6.45) is 6.36. The highest BCUT2D eigenvalue weighted by molar-refractivity contribution is 5.78. The van der Waals surface area contributed by atoms with Crippen molar-refractivity contribution in [1.29, 1.82) is 0 Å². The SMILES string of the molecule is CCC(=O)CCOCCOCCOCCOCCCC(=O)OCC1[C@H]2CCC#CCC[C@@H]12. The van der Waals surface area contributed by atoms with E-state index < -0.39 is 0 Å². The lowest BCUT2D eigenvalue weighted by molar-refractivity contribution is -0.144. The molecule has 0 saturated heterocycles. The summed E-state index contributed by atoms with van der Waals surface area (Å²) in [6, 6.07) is 0. The minimum absolute atomic E-state index is 0.126. The fourth-order valence-corrected chi connectivity index (χ4v) is 3.99. The van der Waals surface area contributed by atoms with E-state index in [-0.39, 0.29) is 11.8 Å². The third kappa shape index (κ3) is 12.0. The predicted octanol–water partition coefficient (Wildman–Crippen LogP) is 3.19. The normalized spacial score (nSPS) is 21.6. The van der Waals surface area contributed by atoms with E-state index in [1.54, 1.807) is 0 Å². The van der Waals surface area contributed by atoms with Crippen molar-refractivity contribution in [3.05, 3.63) is 0 Å². The number of ether oxygens (including phenoxy) is 5. The van der Waals surface area contributed by atoms with Gasteiger partial charge >= 0.3 is 5.97 Å². The van der Waals surface area contributed by atoms with E-state index in [0.717, 1.165) is 25.7 Å². The zero-order chi connectivity index (χ0) is 22.9. The Labute approximate surface area is 192 Å². The lowest BCUT2D eigenvalue weighted by Crippen LogP contribution is -2.13. The molecule has 3 atom stereocenters. The second kappa shape index (κ2) is 17.1. The van der Waals surface area contributed by atoms with Gasteiger partial charge in [-0.05, 0) is 37.0 Å². The maximum absolute atomic E-state index is 11.9. The third-order valence-corrected chi connectivity index (χ3v) is 5.98. The molecule has 32 heavy (non-hydrogen) atoms. The van der Waals surface area contributed by atoms with Gasteiger partial charge in [-0.1, -0.05) is 6.92 Å². The molecule has 2 aliphatic rings. The molecule has 182 valence electrons. The van der Waals surface area contributed by atoms with Crippen molar-refractivity contribution in [3.8, 4) is 11.8 Å². The second-order valence-electron chi connectivity index (χ2n) is 8.30. The zero-order valence-corrected chi connectivity index (χ0v) is 19.6. The smallest absolute Gasteiger partial charge is 0.305 e. The zero-order valence-electron chi connectivity index (χ0n) is 19.6. The van der Waals surface area contributed by atoms with Crippen LogP contribution in [0.2, 0.25) is 0 Å². The number of ketones is 1. The van der Waals surface area contributed by atoms with Gasteiger partial charge in [0.05, 0.1) is 52.9 Å². The van der Waals surface area contributed by atoms with E-state index in [1.807, 2.05) is 6.92 Å². The monoisotopic (exact) mass is 452 g/mol. The van der Waals surface area contributed by atoms with Gasteiger partial charge in [-0.25, -0.2) is 0 Å². The molecular formula is C25H40O7. The number of esters is 1. The van der Waals surface area contributed by atoms with E-state index >= 15 is 0 Å². The summed E-state index contributed by atoms with van der Waals surface area (Å²) < 4.78 is 27.1. The molecule has 2 rings (SSSR count). The number of rotatable bonds is 19. The summed E-state index contributed by atoms with van der Waals surface area (Å²) in [5.74, 6) is 8.46. The third-order valence-electron chi connectivity index (χ3n) is 5.98. The van der Waals surface area contributed by atoms with E-state index in [4.69, 9.17) is 23.7 Å². The Morgan fingerprint density at radius 2 is 1.28 bits per heavy atom. The van der Waals surface area contributed by atoms with Crippen LogP contribution >= 0.6 is 0 Å². The van der Waals surface area contributed by atoms with Gasteiger partial charge in [0.25, 0.3) is 0 Å². The van der Waals surface area contributed by atoms with Crippen LogP contribution in [0.1, 0.15) is 58.3 Å². The predicted molar refractivity (Wildman–Crippen MR) is 120 cm³/mol. The Balaban J connectivity index is 1.28. The van der Waals surface area contributed by atoms with Crippen molar-refractivity contribution in [1.82, 2.24) is 0 Å². The molecule has 1 unspecified atom stereocenters. The molecule has 0 bridgehead atoms. The minimum atomic E-state index is -0.126. The summed E-state index contributed by atoms with van der Waals surface area (Å²) in [5.41, 5.74) is 0. The van der Waals surface area contributed by atoms with Gasteiger partial charge in [-0.2, -0.15) is 0 Å². The van der Waals surface area contributed by atoms with E-state index in [2.05, 4.69) is 11.8 Å². The van der Waals surface area contributed by atoms with E-state index in [0.29, 0.717) is 103 Å². The van der Waals surface area contributed by atoms with Crippen LogP contribution in [0.15, 0.2) is 0 Å². The Hall–Kier alpha value is -1.46.